The first-order valence-corrected chi connectivity index (χ1v) is 20.3. The van der Waals surface area contributed by atoms with Gasteiger partial charge in [0.25, 0.3) is 0 Å². The van der Waals surface area contributed by atoms with E-state index in [1.807, 2.05) is 22.7 Å². The maximum Gasteiger partial charge on any atom is 0.0640 e. The Hall–Kier alpha value is -6.52. The summed E-state index contributed by atoms with van der Waals surface area (Å²) >= 11 is 3.75. The minimum atomic E-state index is 1.12. The highest BCUT2D eigenvalue weighted by Gasteiger charge is 2.21. The molecule has 11 rings (SSSR count). The molecule has 0 aliphatic heterocycles. The van der Waals surface area contributed by atoms with Gasteiger partial charge in [0.05, 0.1) is 10.4 Å². The Bertz CT molecular complexity index is 3190. The van der Waals surface area contributed by atoms with Crippen LogP contribution in [-0.2, 0) is 0 Å². The molecule has 0 atom stereocenters. The van der Waals surface area contributed by atoms with E-state index in [-0.39, 0.29) is 0 Å². The van der Waals surface area contributed by atoms with Crippen LogP contribution in [0, 0.1) is 0 Å². The van der Waals surface area contributed by atoms with E-state index in [2.05, 4.69) is 205 Å². The van der Waals surface area contributed by atoms with E-state index in [0.29, 0.717) is 0 Å². The van der Waals surface area contributed by atoms with Gasteiger partial charge in [-0.15, -0.1) is 22.7 Å². The standard InChI is InChI=1S/C52H33NS2/c1-2-12-36(13-3-1)43-31-32-46(52-51(43)45-16-7-9-19-48(45)55-52)53(40-27-23-35(24-28-40)39-22-21-34-11-4-5-14-38(34)33-39)41-29-25-37(26-30-41)42-17-10-20-49-50(42)44-15-6-8-18-47(44)54-49/h1-33H. The summed E-state index contributed by atoms with van der Waals surface area (Å²) < 4.78 is 5.22. The molecular formula is C52H33NS2. The summed E-state index contributed by atoms with van der Waals surface area (Å²) in [5.41, 5.74) is 10.8. The van der Waals surface area contributed by atoms with Crippen molar-refractivity contribution in [2.45, 2.75) is 0 Å². The van der Waals surface area contributed by atoms with Gasteiger partial charge in [0.2, 0.25) is 0 Å². The lowest BCUT2D eigenvalue weighted by atomic mass is 9.97. The van der Waals surface area contributed by atoms with Gasteiger partial charge < -0.3 is 4.90 Å². The lowest BCUT2D eigenvalue weighted by Crippen LogP contribution is -2.10. The Morgan fingerprint density at radius 2 is 0.891 bits per heavy atom. The largest absolute Gasteiger partial charge is 0.309 e. The molecule has 55 heavy (non-hydrogen) atoms. The Morgan fingerprint density at radius 1 is 0.327 bits per heavy atom. The molecular weight excluding hydrogens is 703 g/mol. The molecule has 0 saturated carbocycles. The van der Waals surface area contributed by atoms with Crippen molar-refractivity contribution in [2.75, 3.05) is 4.90 Å². The summed E-state index contributed by atoms with van der Waals surface area (Å²) in [4.78, 5) is 2.45. The number of fused-ring (bicyclic) bond motifs is 7. The van der Waals surface area contributed by atoms with Crippen LogP contribution in [0.25, 0.3) is 84.5 Å². The molecule has 0 unspecified atom stereocenters. The van der Waals surface area contributed by atoms with Crippen LogP contribution in [0.2, 0.25) is 0 Å². The van der Waals surface area contributed by atoms with E-state index < -0.39 is 0 Å². The van der Waals surface area contributed by atoms with E-state index >= 15 is 0 Å². The Kier molecular flexibility index (Phi) is 7.61. The van der Waals surface area contributed by atoms with Gasteiger partial charge in [-0.3, -0.25) is 0 Å². The van der Waals surface area contributed by atoms with Gasteiger partial charge in [-0.25, -0.2) is 0 Å². The van der Waals surface area contributed by atoms with Crippen molar-refractivity contribution in [3.63, 3.8) is 0 Å². The maximum atomic E-state index is 2.45. The van der Waals surface area contributed by atoms with Crippen LogP contribution in [0.1, 0.15) is 0 Å². The number of benzene rings is 9. The molecule has 0 spiro atoms. The molecule has 11 aromatic rings. The summed E-state index contributed by atoms with van der Waals surface area (Å²) in [7, 11) is 0. The lowest BCUT2D eigenvalue weighted by Gasteiger charge is -2.27. The molecule has 2 aromatic heterocycles. The monoisotopic (exact) mass is 735 g/mol. The smallest absolute Gasteiger partial charge is 0.0640 e. The summed E-state index contributed by atoms with van der Waals surface area (Å²) in [6.07, 6.45) is 0. The highest BCUT2D eigenvalue weighted by molar-refractivity contribution is 7.26. The Labute approximate surface area is 327 Å². The molecule has 0 amide bonds. The third-order valence-electron chi connectivity index (χ3n) is 10.9. The number of anilines is 3. The van der Waals surface area contributed by atoms with Crippen LogP contribution >= 0.6 is 22.7 Å². The lowest BCUT2D eigenvalue weighted by molar-refractivity contribution is 1.30. The predicted molar refractivity (Wildman–Crippen MR) is 241 cm³/mol. The van der Waals surface area contributed by atoms with Crippen LogP contribution in [0.3, 0.4) is 0 Å². The van der Waals surface area contributed by atoms with Crippen molar-refractivity contribution in [3.8, 4) is 33.4 Å². The summed E-state index contributed by atoms with van der Waals surface area (Å²) in [5.74, 6) is 0. The van der Waals surface area contributed by atoms with Gasteiger partial charge in [-0.2, -0.15) is 0 Å². The second kappa shape index (κ2) is 13.1. The van der Waals surface area contributed by atoms with Crippen LogP contribution in [-0.4, -0.2) is 0 Å². The number of hydrogen-bond acceptors (Lipinski definition) is 3. The molecule has 0 fully saturated rings. The number of rotatable bonds is 6. The molecule has 0 saturated heterocycles. The molecule has 0 aliphatic rings. The van der Waals surface area contributed by atoms with E-state index in [4.69, 9.17) is 0 Å². The Morgan fingerprint density at radius 3 is 1.65 bits per heavy atom. The molecule has 0 aliphatic carbocycles. The fourth-order valence-electron chi connectivity index (χ4n) is 8.25. The predicted octanol–water partition coefficient (Wildman–Crippen LogP) is 16.0. The van der Waals surface area contributed by atoms with E-state index in [1.54, 1.807) is 0 Å². The van der Waals surface area contributed by atoms with Gasteiger partial charge >= 0.3 is 0 Å². The van der Waals surface area contributed by atoms with Gasteiger partial charge in [-0.1, -0.05) is 146 Å². The van der Waals surface area contributed by atoms with E-state index in [9.17, 15) is 0 Å². The number of thiophene rings is 2. The first-order chi connectivity index (χ1) is 27.3. The van der Waals surface area contributed by atoms with Crippen molar-refractivity contribution >= 4 is 90.9 Å². The van der Waals surface area contributed by atoms with Crippen molar-refractivity contribution in [2.24, 2.45) is 0 Å². The quantitative estimate of drug-likeness (QED) is 0.164. The molecule has 1 nitrogen and oxygen atoms in total. The first kappa shape index (κ1) is 32.0. The van der Waals surface area contributed by atoms with Gasteiger partial charge in [0, 0.05) is 47.0 Å². The zero-order valence-electron chi connectivity index (χ0n) is 29.8. The maximum absolute atomic E-state index is 2.45. The van der Waals surface area contributed by atoms with Crippen molar-refractivity contribution in [3.05, 3.63) is 200 Å². The second-order valence-corrected chi connectivity index (χ2v) is 16.2. The molecule has 3 heteroatoms. The van der Waals surface area contributed by atoms with Crippen LogP contribution < -0.4 is 4.90 Å². The number of hydrogen-bond donors (Lipinski definition) is 0. The van der Waals surface area contributed by atoms with Crippen molar-refractivity contribution in [1.82, 2.24) is 0 Å². The first-order valence-electron chi connectivity index (χ1n) is 18.7. The summed E-state index contributed by atoms with van der Waals surface area (Å²) in [6.45, 7) is 0. The van der Waals surface area contributed by atoms with E-state index in [1.165, 1.54) is 90.2 Å². The van der Waals surface area contributed by atoms with Crippen molar-refractivity contribution < 1.29 is 0 Å². The fourth-order valence-corrected chi connectivity index (χ4v) is 10.6. The normalized spacial score (nSPS) is 11.6. The average Bonchev–Trinajstić information content (AvgIpc) is 3.84. The third-order valence-corrected chi connectivity index (χ3v) is 13.2. The van der Waals surface area contributed by atoms with Crippen LogP contribution in [0.5, 0.6) is 0 Å². The van der Waals surface area contributed by atoms with Crippen LogP contribution in [0.15, 0.2) is 200 Å². The van der Waals surface area contributed by atoms with Gasteiger partial charge in [0.15, 0.2) is 0 Å². The van der Waals surface area contributed by atoms with Gasteiger partial charge in [-0.05, 0) is 98.8 Å². The summed E-state index contributed by atoms with van der Waals surface area (Å²) in [5, 5.41) is 7.76. The molecule has 0 radical (unpaired) electrons. The summed E-state index contributed by atoms with van der Waals surface area (Å²) in [6, 6.07) is 73.4. The average molecular weight is 736 g/mol. The highest BCUT2D eigenvalue weighted by atomic mass is 32.1. The Balaban J connectivity index is 1.09. The highest BCUT2D eigenvalue weighted by Crippen LogP contribution is 2.49. The molecule has 2 heterocycles. The van der Waals surface area contributed by atoms with Crippen molar-refractivity contribution in [1.29, 1.82) is 0 Å². The zero-order valence-corrected chi connectivity index (χ0v) is 31.4. The molecule has 258 valence electrons. The fraction of sp³-hybridized carbons (Fsp3) is 0. The minimum Gasteiger partial charge on any atom is -0.309 e. The zero-order chi connectivity index (χ0) is 36.3. The number of nitrogens with zero attached hydrogens (tertiary/aromatic N) is 1. The molecule has 0 bridgehead atoms. The van der Waals surface area contributed by atoms with E-state index in [0.717, 1.165) is 11.4 Å². The third kappa shape index (κ3) is 5.43. The molecule has 0 N–H and O–H groups in total. The SMILES string of the molecule is c1ccc(-c2ccc(N(c3ccc(-c4ccc5ccccc5c4)cc3)c3ccc(-c4cccc5sc6ccccc6c45)cc3)c3sc4ccccc4c23)cc1. The minimum absolute atomic E-state index is 1.12. The molecule has 9 aromatic carbocycles. The van der Waals surface area contributed by atoms with Crippen LogP contribution in [0.4, 0.5) is 17.1 Å². The topological polar surface area (TPSA) is 3.24 Å². The van der Waals surface area contributed by atoms with Gasteiger partial charge in [0.1, 0.15) is 0 Å². The second-order valence-electron chi connectivity index (χ2n) is 14.1.